The van der Waals surface area contributed by atoms with E-state index in [9.17, 15) is 4.79 Å². The molecule has 5 nitrogen and oxygen atoms in total. The molecule has 0 saturated carbocycles. The maximum absolute atomic E-state index is 12.1. The van der Waals surface area contributed by atoms with Gasteiger partial charge in [-0.1, -0.05) is 0 Å². The van der Waals surface area contributed by atoms with Crippen LogP contribution in [0.5, 0.6) is 0 Å². The molecule has 3 saturated heterocycles. The number of fused-ring (bicyclic) bond motifs is 5. The lowest BCUT2D eigenvalue weighted by Crippen LogP contribution is -2.45. The predicted octanol–water partition coefficient (Wildman–Crippen LogP) is 0.0177. The van der Waals surface area contributed by atoms with Gasteiger partial charge in [-0.25, -0.2) is 0 Å². The van der Waals surface area contributed by atoms with Gasteiger partial charge in [0.15, 0.2) is 0 Å². The summed E-state index contributed by atoms with van der Waals surface area (Å²) < 4.78 is 10.8. The van der Waals surface area contributed by atoms with Crippen molar-refractivity contribution in [3.8, 4) is 0 Å². The summed E-state index contributed by atoms with van der Waals surface area (Å²) in [4.78, 5) is 14.0. The smallest absolute Gasteiger partial charge is 0.241 e. The fourth-order valence-corrected chi connectivity index (χ4v) is 3.63. The number of amides is 1. The highest BCUT2D eigenvalue weighted by Gasteiger charge is 2.53. The number of methoxy groups -OCH3 is 1. The first-order chi connectivity index (χ1) is 8.20. The summed E-state index contributed by atoms with van der Waals surface area (Å²) in [5.74, 6) is 1.13. The largest absolute Gasteiger partial charge is 0.383 e. The van der Waals surface area contributed by atoms with E-state index in [1.807, 2.05) is 4.90 Å². The average Bonchev–Trinajstić information content (AvgIpc) is 2.99. The molecule has 0 radical (unpaired) electrons. The van der Waals surface area contributed by atoms with Crippen molar-refractivity contribution in [2.75, 3.05) is 26.8 Å². The number of nitrogens with zero attached hydrogens (tertiary/aromatic N) is 1. The van der Waals surface area contributed by atoms with Gasteiger partial charge in [0.25, 0.3) is 0 Å². The number of carbonyl (C=O) groups excluding carboxylic acids is 1. The van der Waals surface area contributed by atoms with E-state index in [1.165, 1.54) is 0 Å². The summed E-state index contributed by atoms with van der Waals surface area (Å²) in [6.45, 7) is 1.94. The second-order valence-electron chi connectivity index (χ2n) is 5.42. The van der Waals surface area contributed by atoms with Gasteiger partial charge < -0.3 is 20.1 Å². The van der Waals surface area contributed by atoms with Gasteiger partial charge in [-0.05, 0) is 12.8 Å². The molecule has 2 N–H and O–H groups in total. The van der Waals surface area contributed by atoms with Crippen LogP contribution in [0.1, 0.15) is 12.8 Å². The maximum Gasteiger partial charge on any atom is 0.241 e. The number of nitrogens with two attached hydrogens (primary N) is 1. The van der Waals surface area contributed by atoms with Gasteiger partial charge in [-0.3, -0.25) is 4.79 Å². The van der Waals surface area contributed by atoms with Crippen molar-refractivity contribution in [1.82, 2.24) is 4.90 Å². The minimum atomic E-state index is -0.516. The van der Waals surface area contributed by atoms with Crippen LogP contribution in [-0.2, 0) is 14.3 Å². The van der Waals surface area contributed by atoms with E-state index >= 15 is 0 Å². The molecule has 104 valence electrons. The standard InChI is InChI=1S/C12H20N2O3.ClH/c1-16-6-9(13)12(15)14-4-7-8(5-14)11-3-2-10(7)17-11;/h7-11H,2-6,13H2,1H3;1H. The van der Waals surface area contributed by atoms with Gasteiger partial charge in [0, 0.05) is 32.0 Å². The minimum Gasteiger partial charge on any atom is -0.383 e. The molecule has 0 aliphatic carbocycles. The number of ether oxygens (including phenoxy) is 2. The number of carbonyl (C=O) groups is 1. The third kappa shape index (κ3) is 2.13. The number of likely N-dealkylation sites (tertiary alicyclic amines) is 1. The van der Waals surface area contributed by atoms with Gasteiger partial charge in [0.05, 0.1) is 18.8 Å². The first-order valence-corrected chi connectivity index (χ1v) is 6.39. The lowest BCUT2D eigenvalue weighted by atomic mass is 9.82. The molecule has 6 heteroatoms. The van der Waals surface area contributed by atoms with Crippen LogP contribution in [0.3, 0.4) is 0 Å². The molecule has 0 aromatic rings. The van der Waals surface area contributed by atoms with E-state index in [2.05, 4.69) is 0 Å². The third-order valence-electron chi connectivity index (χ3n) is 4.43. The van der Waals surface area contributed by atoms with E-state index in [1.54, 1.807) is 7.11 Å². The van der Waals surface area contributed by atoms with E-state index in [0.717, 1.165) is 25.9 Å². The highest BCUT2D eigenvalue weighted by molar-refractivity contribution is 5.85. The summed E-state index contributed by atoms with van der Waals surface area (Å²) in [5.41, 5.74) is 5.80. The van der Waals surface area contributed by atoms with Crippen LogP contribution in [-0.4, -0.2) is 55.9 Å². The fraction of sp³-hybridized carbons (Fsp3) is 0.917. The average molecular weight is 277 g/mol. The second kappa shape index (κ2) is 5.33. The summed E-state index contributed by atoms with van der Waals surface area (Å²) in [5, 5.41) is 0. The Morgan fingerprint density at radius 3 is 2.44 bits per heavy atom. The van der Waals surface area contributed by atoms with Crippen molar-refractivity contribution in [1.29, 1.82) is 0 Å². The highest BCUT2D eigenvalue weighted by atomic mass is 35.5. The van der Waals surface area contributed by atoms with E-state index < -0.39 is 6.04 Å². The van der Waals surface area contributed by atoms with Crippen LogP contribution >= 0.6 is 12.4 Å². The first-order valence-electron chi connectivity index (χ1n) is 6.39. The molecule has 5 atom stereocenters. The molecule has 18 heavy (non-hydrogen) atoms. The lowest BCUT2D eigenvalue weighted by molar-refractivity contribution is -0.133. The molecule has 1 amide bonds. The van der Waals surface area contributed by atoms with Crippen molar-refractivity contribution in [3.63, 3.8) is 0 Å². The van der Waals surface area contributed by atoms with Crippen LogP contribution in [0.4, 0.5) is 0 Å². The van der Waals surface area contributed by atoms with Crippen LogP contribution in [0.25, 0.3) is 0 Å². The number of rotatable bonds is 3. The molecule has 3 fully saturated rings. The van der Waals surface area contributed by atoms with Gasteiger partial charge in [-0.2, -0.15) is 0 Å². The van der Waals surface area contributed by atoms with Gasteiger partial charge >= 0.3 is 0 Å². The molecular formula is C12H21ClN2O3. The minimum absolute atomic E-state index is 0. The SMILES string of the molecule is COCC(N)C(=O)N1CC2C3CCC(O3)C2C1.Cl. The first kappa shape index (κ1) is 14.1. The normalized spacial score (nSPS) is 38.4. The Morgan fingerprint density at radius 2 is 1.94 bits per heavy atom. The number of hydrogen-bond donors (Lipinski definition) is 1. The topological polar surface area (TPSA) is 64.8 Å². The molecular weight excluding hydrogens is 256 g/mol. The number of hydrogen-bond acceptors (Lipinski definition) is 4. The molecule has 3 aliphatic heterocycles. The molecule has 3 rings (SSSR count). The number of halogens is 1. The van der Waals surface area contributed by atoms with E-state index in [-0.39, 0.29) is 18.3 Å². The predicted molar refractivity (Wildman–Crippen MR) is 68.6 cm³/mol. The molecule has 0 aromatic heterocycles. The zero-order valence-corrected chi connectivity index (χ0v) is 11.4. The highest BCUT2D eigenvalue weighted by Crippen LogP contribution is 2.47. The Morgan fingerprint density at radius 1 is 1.39 bits per heavy atom. The Balaban J connectivity index is 0.00000120. The van der Waals surface area contributed by atoms with Crippen molar-refractivity contribution >= 4 is 18.3 Å². The van der Waals surface area contributed by atoms with Crippen LogP contribution in [0.15, 0.2) is 0 Å². The maximum atomic E-state index is 12.1. The van der Waals surface area contributed by atoms with Gasteiger partial charge in [0.2, 0.25) is 5.91 Å². The van der Waals surface area contributed by atoms with E-state index in [0.29, 0.717) is 30.7 Å². The summed E-state index contributed by atoms with van der Waals surface area (Å²) in [6.07, 6.45) is 3.11. The molecule has 3 aliphatic rings. The quantitative estimate of drug-likeness (QED) is 0.789. The van der Waals surface area contributed by atoms with Crippen molar-refractivity contribution in [2.45, 2.75) is 31.1 Å². The summed E-state index contributed by atoms with van der Waals surface area (Å²) >= 11 is 0. The molecule has 0 aromatic carbocycles. The zero-order valence-electron chi connectivity index (χ0n) is 10.6. The van der Waals surface area contributed by atoms with Crippen LogP contribution in [0.2, 0.25) is 0 Å². The molecule has 3 heterocycles. The molecule has 5 unspecified atom stereocenters. The Kier molecular flexibility index (Phi) is 4.16. The summed E-state index contributed by atoms with van der Waals surface area (Å²) in [6, 6.07) is -0.516. The van der Waals surface area contributed by atoms with Crippen molar-refractivity contribution in [2.24, 2.45) is 17.6 Å². The second-order valence-corrected chi connectivity index (χ2v) is 5.42. The van der Waals surface area contributed by atoms with E-state index in [4.69, 9.17) is 15.2 Å². The zero-order chi connectivity index (χ0) is 12.0. The van der Waals surface area contributed by atoms with Crippen molar-refractivity contribution < 1.29 is 14.3 Å². The third-order valence-corrected chi connectivity index (χ3v) is 4.43. The van der Waals surface area contributed by atoms with Crippen LogP contribution < -0.4 is 5.73 Å². The Labute approximate surface area is 113 Å². The van der Waals surface area contributed by atoms with Gasteiger partial charge in [-0.15, -0.1) is 12.4 Å². The Hall–Kier alpha value is -0.360. The van der Waals surface area contributed by atoms with Gasteiger partial charge in [0.1, 0.15) is 6.04 Å². The molecule has 2 bridgehead atoms. The van der Waals surface area contributed by atoms with Crippen molar-refractivity contribution in [3.05, 3.63) is 0 Å². The Bertz CT molecular complexity index is 310. The lowest BCUT2D eigenvalue weighted by Gasteiger charge is -2.22. The fourth-order valence-electron chi connectivity index (χ4n) is 3.63. The summed E-state index contributed by atoms with van der Waals surface area (Å²) in [7, 11) is 1.57. The molecule has 0 spiro atoms. The van der Waals surface area contributed by atoms with Crippen LogP contribution in [0, 0.1) is 11.8 Å². The monoisotopic (exact) mass is 276 g/mol.